The van der Waals surface area contributed by atoms with Crippen LogP contribution in [0, 0.1) is 5.82 Å². The Morgan fingerprint density at radius 3 is 2.25 bits per heavy atom. The third-order valence-electron chi connectivity index (χ3n) is 1.72. The molecule has 0 fully saturated rings. The Morgan fingerprint density at radius 1 is 1.25 bits per heavy atom. The number of rotatable bonds is 1. The van der Waals surface area contributed by atoms with Gasteiger partial charge in [-0.3, -0.25) is 0 Å². The van der Waals surface area contributed by atoms with Crippen molar-refractivity contribution >= 4 is 0 Å². The highest BCUT2D eigenvalue weighted by atomic mass is 19.1. The lowest BCUT2D eigenvalue weighted by atomic mass is 10.0. The molecule has 0 unspecified atom stereocenters. The zero-order chi connectivity index (χ0) is 9.30. The first-order valence-electron chi connectivity index (χ1n) is 3.74. The van der Waals surface area contributed by atoms with Crippen LogP contribution >= 0.6 is 0 Å². The maximum Gasteiger partial charge on any atom is 0.165 e. The highest BCUT2D eigenvalue weighted by molar-refractivity contribution is 5.45. The number of hydrogen-bond donors (Lipinski definition) is 2. The van der Waals surface area contributed by atoms with E-state index in [9.17, 15) is 14.6 Å². The molecule has 0 aliphatic rings. The molecule has 0 atom stereocenters. The number of aromatic hydroxyl groups is 2. The van der Waals surface area contributed by atoms with Crippen molar-refractivity contribution < 1.29 is 14.6 Å². The van der Waals surface area contributed by atoms with Crippen molar-refractivity contribution in [3.8, 4) is 11.5 Å². The Balaban J connectivity index is 3.33. The molecule has 1 aromatic carbocycles. The molecule has 1 rings (SSSR count). The Hall–Kier alpha value is -1.25. The average Bonchev–Trinajstić information content (AvgIpc) is 1.97. The third-order valence-corrected chi connectivity index (χ3v) is 1.72. The second-order valence-corrected chi connectivity index (χ2v) is 2.98. The Kier molecular flexibility index (Phi) is 2.22. The van der Waals surface area contributed by atoms with Gasteiger partial charge in [-0.2, -0.15) is 0 Å². The van der Waals surface area contributed by atoms with Crippen molar-refractivity contribution in [1.29, 1.82) is 0 Å². The highest BCUT2D eigenvalue weighted by Gasteiger charge is 2.14. The first-order chi connectivity index (χ1) is 5.54. The number of phenolic OH excluding ortho intramolecular Hbond substituents is 2. The summed E-state index contributed by atoms with van der Waals surface area (Å²) < 4.78 is 12.8. The maximum absolute atomic E-state index is 12.8. The van der Waals surface area contributed by atoms with E-state index in [2.05, 4.69) is 0 Å². The summed E-state index contributed by atoms with van der Waals surface area (Å²) in [5.41, 5.74) is 0.259. The molecule has 0 aliphatic heterocycles. The molecule has 0 aliphatic carbocycles. The second-order valence-electron chi connectivity index (χ2n) is 2.98. The number of phenols is 2. The third kappa shape index (κ3) is 1.35. The van der Waals surface area contributed by atoms with Crippen LogP contribution in [0.3, 0.4) is 0 Å². The highest BCUT2D eigenvalue weighted by Crippen LogP contribution is 2.35. The van der Waals surface area contributed by atoms with E-state index in [0.29, 0.717) is 0 Å². The van der Waals surface area contributed by atoms with E-state index in [1.807, 2.05) is 0 Å². The van der Waals surface area contributed by atoms with E-state index in [0.717, 1.165) is 6.07 Å². The summed E-state index contributed by atoms with van der Waals surface area (Å²) in [7, 11) is 0. The molecule has 0 saturated carbocycles. The average molecular weight is 170 g/mol. The van der Waals surface area contributed by atoms with Gasteiger partial charge in [-0.25, -0.2) is 4.39 Å². The molecule has 0 spiro atoms. The molecule has 0 bridgehead atoms. The maximum atomic E-state index is 12.8. The topological polar surface area (TPSA) is 40.5 Å². The minimum Gasteiger partial charge on any atom is -0.508 e. The molecular formula is C9H11FO2. The quantitative estimate of drug-likeness (QED) is 0.679. The molecule has 2 N–H and O–H groups in total. The molecule has 12 heavy (non-hydrogen) atoms. The lowest BCUT2D eigenvalue weighted by Gasteiger charge is -2.10. The zero-order valence-corrected chi connectivity index (χ0v) is 7.00. The molecule has 0 radical (unpaired) electrons. The van der Waals surface area contributed by atoms with Gasteiger partial charge >= 0.3 is 0 Å². The first kappa shape index (κ1) is 8.84. The van der Waals surface area contributed by atoms with Crippen LogP contribution in [0.5, 0.6) is 11.5 Å². The van der Waals surface area contributed by atoms with Crippen LogP contribution in [0.4, 0.5) is 4.39 Å². The summed E-state index contributed by atoms with van der Waals surface area (Å²) in [6, 6.07) is 2.28. The van der Waals surface area contributed by atoms with Crippen LogP contribution in [-0.2, 0) is 0 Å². The van der Waals surface area contributed by atoms with Crippen molar-refractivity contribution in [2.24, 2.45) is 0 Å². The Labute approximate surface area is 70.3 Å². The van der Waals surface area contributed by atoms with E-state index in [1.54, 1.807) is 13.8 Å². The summed E-state index contributed by atoms with van der Waals surface area (Å²) in [6.45, 7) is 3.54. The van der Waals surface area contributed by atoms with Gasteiger partial charge in [-0.15, -0.1) is 0 Å². The van der Waals surface area contributed by atoms with Crippen LogP contribution < -0.4 is 0 Å². The summed E-state index contributed by atoms with van der Waals surface area (Å²) in [5.74, 6) is -1.31. The van der Waals surface area contributed by atoms with Crippen LogP contribution in [-0.4, -0.2) is 10.2 Å². The largest absolute Gasteiger partial charge is 0.508 e. The van der Waals surface area contributed by atoms with Gasteiger partial charge in [0.2, 0.25) is 0 Å². The van der Waals surface area contributed by atoms with E-state index in [1.165, 1.54) is 6.07 Å². The van der Waals surface area contributed by atoms with Gasteiger partial charge in [0.1, 0.15) is 5.75 Å². The minimum absolute atomic E-state index is 0.0658. The summed E-state index contributed by atoms with van der Waals surface area (Å²) >= 11 is 0. The molecule has 0 heterocycles. The first-order valence-corrected chi connectivity index (χ1v) is 3.74. The Bertz CT molecular complexity index is 295. The zero-order valence-electron chi connectivity index (χ0n) is 7.00. The SMILES string of the molecule is CC(C)c1c(O)ccc(F)c1O. The van der Waals surface area contributed by atoms with Crippen molar-refractivity contribution in [3.63, 3.8) is 0 Å². The van der Waals surface area contributed by atoms with E-state index >= 15 is 0 Å². The minimum atomic E-state index is -0.698. The van der Waals surface area contributed by atoms with Crippen LogP contribution in [0.2, 0.25) is 0 Å². The lowest BCUT2D eigenvalue weighted by Crippen LogP contribution is -1.91. The molecule has 0 aromatic heterocycles. The van der Waals surface area contributed by atoms with Crippen molar-refractivity contribution in [1.82, 2.24) is 0 Å². The van der Waals surface area contributed by atoms with Crippen molar-refractivity contribution in [3.05, 3.63) is 23.5 Å². The summed E-state index contributed by atoms with van der Waals surface area (Å²) in [5, 5.41) is 18.5. The van der Waals surface area contributed by atoms with E-state index in [-0.39, 0.29) is 17.2 Å². The monoisotopic (exact) mass is 170 g/mol. The number of benzene rings is 1. The van der Waals surface area contributed by atoms with E-state index < -0.39 is 11.6 Å². The molecule has 2 nitrogen and oxygen atoms in total. The van der Waals surface area contributed by atoms with Gasteiger partial charge in [-0.1, -0.05) is 13.8 Å². The normalized spacial score (nSPS) is 10.7. The molecule has 66 valence electrons. The van der Waals surface area contributed by atoms with Crippen LogP contribution in [0.1, 0.15) is 25.3 Å². The van der Waals surface area contributed by atoms with Crippen LogP contribution in [0.25, 0.3) is 0 Å². The van der Waals surface area contributed by atoms with Gasteiger partial charge in [0.05, 0.1) is 0 Å². The number of halogens is 1. The fourth-order valence-corrected chi connectivity index (χ4v) is 1.14. The van der Waals surface area contributed by atoms with Crippen LogP contribution in [0.15, 0.2) is 12.1 Å². The van der Waals surface area contributed by atoms with Gasteiger partial charge in [0.15, 0.2) is 11.6 Å². The van der Waals surface area contributed by atoms with Gasteiger partial charge in [-0.05, 0) is 18.1 Å². The predicted molar refractivity (Wildman–Crippen MR) is 43.8 cm³/mol. The van der Waals surface area contributed by atoms with Gasteiger partial charge in [0.25, 0.3) is 0 Å². The molecule has 3 heteroatoms. The molecule has 0 saturated heterocycles. The van der Waals surface area contributed by atoms with E-state index in [4.69, 9.17) is 0 Å². The summed E-state index contributed by atoms with van der Waals surface area (Å²) in [6.07, 6.45) is 0. The molecule has 0 amide bonds. The fraction of sp³-hybridized carbons (Fsp3) is 0.333. The lowest BCUT2D eigenvalue weighted by molar-refractivity contribution is 0.404. The predicted octanol–water partition coefficient (Wildman–Crippen LogP) is 2.36. The van der Waals surface area contributed by atoms with Crippen molar-refractivity contribution in [2.75, 3.05) is 0 Å². The smallest absolute Gasteiger partial charge is 0.165 e. The molecule has 1 aromatic rings. The molecular weight excluding hydrogens is 159 g/mol. The number of hydrogen-bond acceptors (Lipinski definition) is 2. The van der Waals surface area contributed by atoms with Crippen molar-refractivity contribution in [2.45, 2.75) is 19.8 Å². The standard InChI is InChI=1S/C9H11FO2/c1-5(2)8-7(11)4-3-6(10)9(8)12/h3-5,11-12H,1-2H3. The summed E-state index contributed by atoms with van der Waals surface area (Å²) in [4.78, 5) is 0. The second kappa shape index (κ2) is 3.01. The Morgan fingerprint density at radius 2 is 1.83 bits per heavy atom. The van der Waals surface area contributed by atoms with Gasteiger partial charge < -0.3 is 10.2 Å². The fourth-order valence-electron chi connectivity index (χ4n) is 1.14. The van der Waals surface area contributed by atoms with Gasteiger partial charge in [0, 0.05) is 5.56 Å².